The number of hydrogen-bond donors (Lipinski definition) is 0. The molecule has 0 spiro atoms. The molecule has 0 aliphatic heterocycles. The van der Waals surface area contributed by atoms with Crippen LogP contribution in [0.15, 0.2) is 51.7 Å². The zero-order valence-corrected chi connectivity index (χ0v) is 13.8. The number of benzene rings is 2. The normalized spacial score (nSPS) is 10.9. The van der Waals surface area contributed by atoms with Crippen LogP contribution in [0.25, 0.3) is 22.3 Å². The van der Waals surface area contributed by atoms with E-state index in [0.717, 1.165) is 17.5 Å². The number of fused-ring (bicyclic) bond motifs is 1. The van der Waals surface area contributed by atoms with Crippen LogP contribution in [-0.4, -0.2) is 6.61 Å². The highest BCUT2D eigenvalue weighted by molar-refractivity contribution is 6.30. The largest absolute Gasteiger partial charge is 0.487 e. The molecule has 23 heavy (non-hydrogen) atoms. The summed E-state index contributed by atoms with van der Waals surface area (Å²) >= 11 is 5.94. The lowest BCUT2D eigenvalue weighted by Gasteiger charge is -2.11. The van der Waals surface area contributed by atoms with Gasteiger partial charge in [0.25, 0.3) is 0 Å². The second kappa shape index (κ2) is 6.47. The number of halogens is 1. The van der Waals surface area contributed by atoms with Crippen molar-refractivity contribution in [1.82, 2.24) is 0 Å². The highest BCUT2D eigenvalue weighted by Crippen LogP contribution is 2.31. The van der Waals surface area contributed by atoms with Crippen molar-refractivity contribution in [3.8, 4) is 17.1 Å². The Morgan fingerprint density at radius 2 is 1.83 bits per heavy atom. The first-order valence-electron chi connectivity index (χ1n) is 7.62. The molecule has 4 heteroatoms. The average Bonchev–Trinajstić information content (AvgIpc) is 2.58. The van der Waals surface area contributed by atoms with Gasteiger partial charge in [-0.25, -0.2) is 0 Å². The Morgan fingerprint density at radius 1 is 1.09 bits per heavy atom. The zero-order chi connectivity index (χ0) is 16.4. The fraction of sp³-hybridized carbons (Fsp3) is 0.211. The van der Waals surface area contributed by atoms with Gasteiger partial charge in [0.1, 0.15) is 5.58 Å². The van der Waals surface area contributed by atoms with Gasteiger partial charge < -0.3 is 9.15 Å². The van der Waals surface area contributed by atoms with Gasteiger partial charge in [0, 0.05) is 10.6 Å². The quantitative estimate of drug-likeness (QED) is 0.671. The van der Waals surface area contributed by atoms with Crippen LogP contribution in [0.4, 0.5) is 0 Å². The maximum Gasteiger partial charge on any atom is 0.235 e. The molecule has 3 rings (SSSR count). The summed E-state index contributed by atoms with van der Waals surface area (Å²) in [5.41, 5.74) is 2.26. The monoisotopic (exact) mass is 328 g/mol. The molecule has 0 saturated carbocycles. The van der Waals surface area contributed by atoms with Crippen molar-refractivity contribution in [3.63, 3.8) is 0 Å². The molecule has 3 aromatic rings. The van der Waals surface area contributed by atoms with Crippen molar-refractivity contribution < 1.29 is 9.15 Å². The summed E-state index contributed by atoms with van der Waals surface area (Å²) in [5, 5.41) is 1.17. The number of hydrogen-bond acceptors (Lipinski definition) is 3. The van der Waals surface area contributed by atoms with Crippen LogP contribution in [0, 0.1) is 0 Å². The lowest BCUT2D eigenvalue weighted by molar-refractivity contribution is 0.330. The molecule has 1 heterocycles. The van der Waals surface area contributed by atoms with Crippen LogP contribution in [0.1, 0.15) is 19.4 Å². The molecule has 0 aliphatic rings. The minimum absolute atomic E-state index is 0.145. The number of ether oxygens (including phenoxy) is 1. The van der Waals surface area contributed by atoms with Crippen molar-refractivity contribution in [2.45, 2.75) is 20.3 Å². The smallest absolute Gasteiger partial charge is 0.235 e. The summed E-state index contributed by atoms with van der Waals surface area (Å²) < 4.78 is 11.6. The Kier molecular flexibility index (Phi) is 4.39. The van der Waals surface area contributed by atoms with Crippen LogP contribution >= 0.6 is 11.6 Å². The third-order valence-electron chi connectivity index (χ3n) is 3.72. The van der Waals surface area contributed by atoms with E-state index < -0.39 is 0 Å². The van der Waals surface area contributed by atoms with Crippen molar-refractivity contribution in [3.05, 3.63) is 63.3 Å². The van der Waals surface area contributed by atoms with Crippen molar-refractivity contribution in [2.75, 3.05) is 6.61 Å². The maximum atomic E-state index is 12.8. The molecule has 2 aromatic carbocycles. The Balaban J connectivity index is 2.30. The molecule has 0 amide bonds. The Hall–Kier alpha value is -2.26. The predicted octanol–water partition coefficient (Wildman–Crippen LogP) is 5.07. The first kappa shape index (κ1) is 15.6. The van der Waals surface area contributed by atoms with Gasteiger partial charge in [-0.1, -0.05) is 24.6 Å². The first-order chi connectivity index (χ1) is 11.1. The van der Waals surface area contributed by atoms with Gasteiger partial charge in [0.05, 0.1) is 12.0 Å². The number of rotatable bonds is 4. The van der Waals surface area contributed by atoms with E-state index in [1.807, 2.05) is 44.2 Å². The Bertz CT molecular complexity index is 895. The molecule has 0 unspecified atom stereocenters. The maximum absolute atomic E-state index is 12.8. The van der Waals surface area contributed by atoms with Crippen molar-refractivity contribution >= 4 is 22.6 Å². The minimum Gasteiger partial charge on any atom is -0.487 e. The lowest BCUT2D eigenvalue weighted by Crippen LogP contribution is -2.10. The summed E-state index contributed by atoms with van der Waals surface area (Å²) in [5.74, 6) is 0.681. The van der Waals surface area contributed by atoms with Crippen LogP contribution in [0.5, 0.6) is 5.75 Å². The Labute approximate surface area is 139 Å². The summed E-state index contributed by atoms with van der Waals surface area (Å²) in [6, 6.07) is 12.8. The fourth-order valence-corrected chi connectivity index (χ4v) is 2.64. The highest BCUT2D eigenvalue weighted by atomic mass is 35.5. The second-order valence-corrected chi connectivity index (χ2v) is 5.65. The van der Waals surface area contributed by atoms with E-state index in [-0.39, 0.29) is 11.2 Å². The predicted molar refractivity (Wildman–Crippen MR) is 93.5 cm³/mol. The zero-order valence-electron chi connectivity index (χ0n) is 13.1. The van der Waals surface area contributed by atoms with Gasteiger partial charge in [-0.3, -0.25) is 4.79 Å². The molecular weight excluding hydrogens is 312 g/mol. The molecule has 0 saturated heterocycles. The standard InChI is InChI=1S/C19H17ClO3/c1-3-12-5-10-16-15(11-12)17(21)19(22-4-2)18(23-16)13-6-8-14(20)9-7-13/h5-11H,3-4H2,1-2H3. The molecule has 0 fully saturated rings. The first-order valence-corrected chi connectivity index (χ1v) is 8.00. The summed E-state index contributed by atoms with van der Waals surface area (Å²) in [7, 11) is 0. The van der Waals surface area contributed by atoms with Crippen LogP contribution < -0.4 is 10.2 Å². The van der Waals surface area contributed by atoms with Crippen LogP contribution in [-0.2, 0) is 6.42 Å². The molecule has 0 N–H and O–H groups in total. The molecule has 0 atom stereocenters. The summed E-state index contributed by atoms with van der Waals surface area (Å²) in [4.78, 5) is 12.8. The lowest BCUT2D eigenvalue weighted by atomic mass is 10.1. The van der Waals surface area contributed by atoms with E-state index in [4.69, 9.17) is 20.8 Å². The Morgan fingerprint density at radius 3 is 2.48 bits per heavy atom. The van der Waals surface area contributed by atoms with E-state index in [0.29, 0.717) is 28.4 Å². The third-order valence-corrected chi connectivity index (χ3v) is 3.97. The molecule has 0 bridgehead atoms. The molecule has 0 aliphatic carbocycles. The molecular formula is C19H17ClO3. The SMILES string of the molecule is CCOc1c(-c2ccc(Cl)cc2)oc2ccc(CC)cc2c1=O. The van der Waals surface area contributed by atoms with E-state index in [1.54, 1.807) is 12.1 Å². The molecule has 3 nitrogen and oxygen atoms in total. The van der Waals surface area contributed by atoms with Gasteiger partial charge >= 0.3 is 0 Å². The summed E-state index contributed by atoms with van der Waals surface area (Å²) in [6.07, 6.45) is 0.859. The third kappa shape index (κ3) is 2.97. The van der Waals surface area contributed by atoms with Gasteiger partial charge in [0.15, 0.2) is 5.76 Å². The van der Waals surface area contributed by atoms with Crippen molar-refractivity contribution in [2.24, 2.45) is 0 Å². The molecule has 118 valence electrons. The van der Waals surface area contributed by atoms with E-state index in [1.165, 1.54) is 0 Å². The van der Waals surface area contributed by atoms with Gasteiger partial charge in [-0.05, 0) is 55.3 Å². The van der Waals surface area contributed by atoms with E-state index in [2.05, 4.69) is 0 Å². The van der Waals surface area contributed by atoms with E-state index in [9.17, 15) is 4.79 Å². The summed E-state index contributed by atoms with van der Waals surface area (Å²) in [6.45, 7) is 4.29. The van der Waals surface area contributed by atoms with Gasteiger partial charge in [-0.15, -0.1) is 0 Å². The minimum atomic E-state index is -0.145. The second-order valence-electron chi connectivity index (χ2n) is 5.21. The number of aryl methyl sites for hydroxylation is 1. The van der Waals surface area contributed by atoms with Crippen LogP contribution in [0.2, 0.25) is 5.02 Å². The fourth-order valence-electron chi connectivity index (χ4n) is 2.51. The van der Waals surface area contributed by atoms with Crippen LogP contribution in [0.3, 0.4) is 0 Å². The van der Waals surface area contributed by atoms with Gasteiger partial charge in [-0.2, -0.15) is 0 Å². The highest BCUT2D eigenvalue weighted by Gasteiger charge is 2.17. The molecule has 1 aromatic heterocycles. The van der Waals surface area contributed by atoms with Crippen molar-refractivity contribution in [1.29, 1.82) is 0 Å². The molecule has 0 radical (unpaired) electrons. The van der Waals surface area contributed by atoms with Gasteiger partial charge in [0.2, 0.25) is 11.2 Å². The van der Waals surface area contributed by atoms with E-state index >= 15 is 0 Å². The average molecular weight is 329 g/mol. The topological polar surface area (TPSA) is 39.4 Å².